The first-order valence-corrected chi connectivity index (χ1v) is 12.3. The highest BCUT2D eigenvalue weighted by Gasteiger charge is 2.51. The van der Waals surface area contributed by atoms with Gasteiger partial charge in [0.2, 0.25) is 0 Å². The van der Waals surface area contributed by atoms with E-state index in [9.17, 15) is 9.59 Å². The van der Waals surface area contributed by atoms with Crippen molar-refractivity contribution in [3.8, 4) is 5.75 Å². The zero-order valence-corrected chi connectivity index (χ0v) is 19.3. The number of benzene rings is 2. The molecule has 4 aliphatic rings. The lowest BCUT2D eigenvalue weighted by atomic mass is 9.48. The lowest BCUT2D eigenvalue weighted by Crippen LogP contribution is -2.48. The van der Waals surface area contributed by atoms with E-state index >= 15 is 0 Å². The largest absolute Gasteiger partial charge is 0.465 e. The van der Waals surface area contributed by atoms with E-state index in [0.29, 0.717) is 17.6 Å². The molecule has 0 atom stereocenters. The lowest BCUT2D eigenvalue weighted by Gasteiger charge is -2.57. The molecule has 0 radical (unpaired) electrons. The van der Waals surface area contributed by atoms with Crippen LogP contribution in [0.25, 0.3) is 0 Å². The molecule has 0 aromatic heterocycles. The summed E-state index contributed by atoms with van der Waals surface area (Å²) in [7, 11) is 0. The minimum Gasteiger partial charge on any atom is -0.465 e. The molecule has 0 aliphatic heterocycles. The number of esters is 1. The molecule has 4 fully saturated rings. The Hall–Kier alpha value is -2.88. The van der Waals surface area contributed by atoms with E-state index in [1.54, 1.807) is 25.1 Å². The molecule has 0 N–H and O–H groups in total. The van der Waals surface area contributed by atoms with E-state index in [1.165, 1.54) is 56.4 Å². The zero-order valence-electron chi connectivity index (χ0n) is 19.3. The summed E-state index contributed by atoms with van der Waals surface area (Å²) in [4.78, 5) is 24.2. The number of rotatable bonds is 8. The van der Waals surface area contributed by atoms with Crippen LogP contribution in [-0.2, 0) is 21.4 Å². The Labute approximate surface area is 196 Å². The number of ether oxygens (including phenoxy) is 2. The number of ketones is 1. The molecule has 2 aromatic carbocycles. The van der Waals surface area contributed by atoms with E-state index in [4.69, 9.17) is 9.47 Å². The molecule has 0 saturated heterocycles. The summed E-state index contributed by atoms with van der Waals surface area (Å²) < 4.78 is 10.7. The first-order chi connectivity index (χ1) is 16.0. The fourth-order valence-corrected chi connectivity index (χ4v) is 6.82. The highest BCUT2D eigenvalue weighted by molar-refractivity contribution is 5.92. The molecule has 4 saturated carbocycles. The van der Waals surface area contributed by atoms with Gasteiger partial charge in [-0.25, -0.2) is 4.79 Å². The first-order valence-electron chi connectivity index (χ1n) is 12.3. The third kappa shape index (κ3) is 4.75. The molecule has 6 rings (SSSR count). The van der Waals surface area contributed by atoms with Crippen molar-refractivity contribution < 1.29 is 19.1 Å². The summed E-state index contributed by atoms with van der Waals surface area (Å²) in [5.74, 6) is 3.08. The molecule has 0 amide bonds. The van der Waals surface area contributed by atoms with Crippen LogP contribution in [0.1, 0.15) is 66.9 Å². The summed E-state index contributed by atoms with van der Waals surface area (Å²) in [5.41, 5.74) is 3.09. The van der Waals surface area contributed by atoms with Crippen molar-refractivity contribution in [3.05, 3.63) is 77.6 Å². The van der Waals surface area contributed by atoms with Crippen LogP contribution < -0.4 is 4.74 Å². The average molecular weight is 445 g/mol. The smallest absolute Gasteiger partial charge is 0.338 e. The molecule has 2 aromatic rings. The van der Waals surface area contributed by atoms with Crippen LogP contribution in [0.3, 0.4) is 0 Å². The number of carbonyl (C=O) groups excluding carboxylic acids is 2. The average Bonchev–Trinajstić information content (AvgIpc) is 2.79. The zero-order chi connectivity index (χ0) is 22.8. The molecule has 0 spiro atoms. The number of hydrogen-bond acceptors (Lipinski definition) is 4. The van der Waals surface area contributed by atoms with Crippen LogP contribution in [-0.4, -0.2) is 18.4 Å². The van der Waals surface area contributed by atoms with Gasteiger partial charge in [0.05, 0.1) is 18.4 Å². The Balaban J connectivity index is 1.17. The molecule has 4 heteroatoms. The molecule has 0 unspecified atom stereocenters. The van der Waals surface area contributed by atoms with Gasteiger partial charge in [-0.15, -0.1) is 0 Å². The van der Waals surface area contributed by atoms with Crippen molar-refractivity contribution in [1.29, 1.82) is 0 Å². The van der Waals surface area contributed by atoms with Crippen LogP contribution in [0.2, 0.25) is 0 Å². The maximum atomic E-state index is 12.3. The van der Waals surface area contributed by atoms with Crippen molar-refractivity contribution in [1.82, 2.24) is 0 Å². The van der Waals surface area contributed by atoms with Gasteiger partial charge in [-0.1, -0.05) is 24.3 Å². The molecule has 4 aliphatic carbocycles. The molecule has 33 heavy (non-hydrogen) atoms. The maximum Gasteiger partial charge on any atom is 0.338 e. The Bertz CT molecular complexity index is 1010. The highest BCUT2D eigenvalue weighted by Crippen LogP contribution is 2.60. The first kappa shape index (κ1) is 21.9. The quantitative estimate of drug-likeness (QED) is 0.283. The normalized spacial score (nSPS) is 27.6. The number of carbonyl (C=O) groups is 2. The monoisotopic (exact) mass is 444 g/mol. The Morgan fingerprint density at radius 3 is 2.27 bits per heavy atom. The van der Waals surface area contributed by atoms with E-state index in [2.05, 4.69) is 12.1 Å². The summed E-state index contributed by atoms with van der Waals surface area (Å²) in [5, 5.41) is 0. The molecule has 0 heterocycles. The maximum absolute atomic E-state index is 12.3. The topological polar surface area (TPSA) is 52.6 Å². The SMILES string of the molecule is CCOC(=O)c1cccc(CC(=O)/C=C/Oc2ccc(C34CC5CC(CC(C5)C3)C4)cc2)c1. The number of hydrogen-bond donors (Lipinski definition) is 0. The minimum atomic E-state index is -0.373. The minimum absolute atomic E-state index is 0.0822. The summed E-state index contributed by atoms with van der Waals surface area (Å²) in [6.45, 7) is 2.10. The van der Waals surface area contributed by atoms with Gasteiger partial charge in [0.1, 0.15) is 5.75 Å². The van der Waals surface area contributed by atoms with Crippen LogP contribution in [0.15, 0.2) is 60.9 Å². The second-order valence-electron chi connectivity index (χ2n) is 10.2. The van der Waals surface area contributed by atoms with Crippen molar-refractivity contribution in [2.75, 3.05) is 6.61 Å². The summed E-state index contributed by atoms with van der Waals surface area (Å²) in [6, 6.07) is 15.5. The van der Waals surface area contributed by atoms with Crippen LogP contribution >= 0.6 is 0 Å². The third-order valence-corrected chi connectivity index (χ3v) is 7.78. The second kappa shape index (κ2) is 9.17. The van der Waals surface area contributed by atoms with Gasteiger partial charge >= 0.3 is 5.97 Å². The molecule has 172 valence electrons. The Morgan fingerprint density at radius 2 is 1.64 bits per heavy atom. The highest BCUT2D eigenvalue weighted by atomic mass is 16.5. The van der Waals surface area contributed by atoms with Crippen molar-refractivity contribution in [2.45, 2.75) is 57.3 Å². The fourth-order valence-electron chi connectivity index (χ4n) is 6.82. The standard InChI is InChI=1S/C29H32O4/c1-2-32-28(31)24-5-3-4-20(15-24)16-26(30)10-11-33-27-8-6-25(7-9-27)29-17-21-12-22(18-29)14-23(13-21)19-29/h3-11,15,21-23H,2,12-14,16-19H2,1H3/b11-10+. The molecule has 4 nitrogen and oxygen atoms in total. The van der Waals surface area contributed by atoms with Crippen LogP contribution in [0, 0.1) is 17.8 Å². The van der Waals surface area contributed by atoms with Gasteiger partial charge in [0, 0.05) is 12.5 Å². The van der Waals surface area contributed by atoms with E-state index < -0.39 is 0 Å². The predicted molar refractivity (Wildman–Crippen MR) is 127 cm³/mol. The number of allylic oxidation sites excluding steroid dienone is 1. The van der Waals surface area contributed by atoms with Gasteiger partial charge in [0.15, 0.2) is 5.78 Å². The molecular formula is C29H32O4. The Kier molecular flexibility index (Phi) is 6.09. The van der Waals surface area contributed by atoms with E-state index in [-0.39, 0.29) is 18.2 Å². The van der Waals surface area contributed by atoms with Crippen LogP contribution in [0.5, 0.6) is 5.75 Å². The predicted octanol–water partition coefficient (Wildman–Crippen LogP) is 6.04. The van der Waals surface area contributed by atoms with Gasteiger partial charge in [-0.05, 0) is 104 Å². The summed E-state index contributed by atoms with van der Waals surface area (Å²) >= 11 is 0. The summed E-state index contributed by atoms with van der Waals surface area (Å²) in [6.07, 6.45) is 11.5. The molecular weight excluding hydrogens is 412 g/mol. The van der Waals surface area contributed by atoms with E-state index in [0.717, 1.165) is 29.1 Å². The van der Waals surface area contributed by atoms with Gasteiger partial charge in [-0.2, -0.15) is 0 Å². The third-order valence-electron chi connectivity index (χ3n) is 7.78. The lowest BCUT2D eigenvalue weighted by molar-refractivity contribution is -0.114. The van der Waals surface area contributed by atoms with Gasteiger partial charge < -0.3 is 9.47 Å². The van der Waals surface area contributed by atoms with Gasteiger partial charge in [0.25, 0.3) is 0 Å². The second-order valence-corrected chi connectivity index (χ2v) is 10.2. The van der Waals surface area contributed by atoms with E-state index in [1.807, 2.05) is 18.2 Å². The van der Waals surface area contributed by atoms with Crippen LogP contribution in [0.4, 0.5) is 0 Å². The van der Waals surface area contributed by atoms with Crippen molar-refractivity contribution >= 4 is 11.8 Å². The Morgan fingerprint density at radius 1 is 0.970 bits per heavy atom. The fraction of sp³-hybridized carbons (Fsp3) is 0.448. The molecule has 4 bridgehead atoms. The van der Waals surface area contributed by atoms with Crippen molar-refractivity contribution in [2.24, 2.45) is 17.8 Å². The van der Waals surface area contributed by atoms with Gasteiger partial charge in [-0.3, -0.25) is 4.79 Å². The van der Waals surface area contributed by atoms with Crippen molar-refractivity contribution in [3.63, 3.8) is 0 Å².